The lowest BCUT2D eigenvalue weighted by molar-refractivity contribution is -0.159. The lowest BCUT2D eigenvalue weighted by atomic mass is 9.68. The van der Waals surface area contributed by atoms with E-state index in [2.05, 4.69) is 25.3 Å². The fourth-order valence-corrected chi connectivity index (χ4v) is 6.75. The van der Waals surface area contributed by atoms with Crippen molar-refractivity contribution in [1.82, 2.24) is 20.3 Å². The van der Waals surface area contributed by atoms with Crippen LogP contribution in [0.25, 0.3) is 0 Å². The predicted molar refractivity (Wildman–Crippen MR) is 163 cm³/mol. The van der Waals surface area contributed by atoms with Gasteiger partial charge in [0.15, 0.2) is 22.5 Å². The molecule has 0 spiro atoms. The van der Waals surface area contributed by atoms with E-state index >= 15 is 0 Å². The zero-order valence-electron chi connectivity index (χ0n) is 23.3. The number of ether oxygens (including phenoxy) is 1. The number of nitrogens with zero attached hydrogens (tertiary/aromatic N) is 5. The van der Waals surface area contributed by atoms with E-state index in [0.717, 1.165) is 6.07 Å². The number of carboxylic acids is 1. The molecule has 1 atom stereocenters. The summed E-state index contributed by atoms with van der Waals surface area (Å²) >= 11 is 7.58. The van der Waals surface area contributed by atoms with Crippen molar-refractivity contribution in [2.24, 2.45) is 16.8 Å². The molecular formula is C30H31ClF2N6O5S. The van der Waals surface area contributed by atoms with Gasteiger partial charge in [-0.3, -0.25) is 9.79 Å². The number of thiazole rings is 1. The zero-order valence-corrected chi connectivity index (χ0v) is 24.9. The quantitative estimate of drug-likeness (QED) is 0.242. The van der Waals surface area contributed by atoms with Gasteiger partial charge in [0.2, 0.25) is 5.95 Å². The van der Waals surface area contributed by atoms with E-state index in [1.807, 2.05) is 4.90 Å². The first-order valence-corrected chi connectivity index (χ1v) is 15.1. The highest BCUT2D eigenvalue weighted by Crippen LogP contribution is 2.45. The Bertz CT molecular complexity index is 1660. The molecule has 0 bridgehead atoms. The molecule has 3 aromatic rings. The number of allylic oxidation sites excluding steroid dienone is 1. The van der Waals surface area contributed by atoms with E-state index in [0.29, 0.717) is 54.0 Å². The standard InChI is InChI=1S/C29H27ClF2N6O5S.CH4/c1-43-27(41)19-22(36-24(25-33-6-9-44-25)37-23(19)17-2-3-18(31)21(32)20(17)30)14-4-7-38(8-5-14)28-34-12-16(13-35-28)29(42)10-15(11-29)26(39)40;/h2-3,6,9,12-15,23,42H,4-5,7-8,10-11H2,1H3,(H,36,37)(H,39,40);1H4. The summed E-state index contributed by atoms with van der Waals surface area (Å²) in [6.45, 7) is 1.05. The van der Waals surface area contributed by atoms with Crippen LogP contribution in [0, 0.1) is 23.5 Å². The fourth-order valence-electron chi connectivity index (χ4n) is 5.91. The van der Waals surface area contributed by atoms with Crippen molar-refractivity contribution in [3.8, 4) is 0 Å². The molecule has 3 N–H and O–H groups in total. The topological polar surface area (TPSA) is 150 Å². The summed E-state index contributed by atoms with van der Waals surface area (Å²) < 4.78 is 33.7. The Labute approximate surface area is 266 Å². The van der Waals surface area contributed by atoms with Gasteiger partial charge in [-0.05, 0) is 31.7 Å². The first kappa shape index (κ1) is 32.4. The Morgan fingerprint density at radius 3 is 2.44 bits per heavy atom. The summed E-state index contributed by atoms with van der Waals surface area (Å²) in [5.74, 6) is -3.90. The normalized spacial score (nSPS) is 23.4. The van der Waals surface area contributed by atoms with Crippen LogP contribution in [-0.2, 0) is 19.9 Å². The molecule has 15 heteroatoms. The van der Waals surface area contributed by atoms with E-state index in [-0.39, 0.29) is 37.3 Å². The molecule has 11 nitrogen and oxygen atoms in total. The number of aliphatic imine (C=N–C) groups is 1. The molecule has 1 unspecified atom stereocenters. The van der Waals surface area contributed by atoms with Crippen LogP contribution in [0.5, 0.6) is 0 Å². The molecule has 1 aromatic carbocycles. The maximum atomic E-state index is 14.6. The number of piperidine rings is 1. The van der Waals surface area contributed by atoms with E-state index in [4.69, 9.17) is 21.4 Å². The average Bonchev–Trinajstić information content (AvgIpc) is 3.57. The van der Waals surface area contributed by atoms with Crippen molar-refractivity contribution >= 4 is 46.7 Å². The second kappa shape index (κ2) is 12.8. The number of benzene rings is 1. The summed E-state index contributed by atoms with van der Waals surface area (Å²) in [5, 5.41) is 25.0. The fraction of sp³-hybridized carbons (Fsp3) is 0.400. The SMILES string of the molecule is C.COC(=O)C1=C(C2CCN(c3ncc(C4(O)CC(C(=O)O)C4)cn3)CC2)NC(c2nccs2)=NC1c1ccc(F)c(F)c1Cl. The number of carbonyl (C=O) groups is 2. The van der Waals surface area contributed by atoms with E-state index in [1.165, 1.54) is 36.9 Å². The number of halogens is 3. The second-order valence-corrected chi connectivity index (χ2v) is 12.2. The first-order valence-electron chi connectivity index (χ1n) is 13.8. The van der Waals surface area contributed by atoms with Crippen LogP contribution < -0.4 is 10.2 Å². The summed E-state index contributed by atoms with van der Waals surface area (Å²) in [5.41, 5.74) is 0.0328. The molecule has 2 fully saturated rings. The number of aliphatic hydroxyl groups is 1. The van der Waals surface area contributed by atoms with Gasteiger partial charge in [-0.25, -0.2) is 28.5 Å². The summed E-state index contributed by atoms with van der Waals surface area (Å²) in [6.07, 6.45) is 6.04. The highest BCUT2D eigenvalue weighted by atomic mass is 35.5. The minimum atomic E-state index is -1.25. The number of aromatic nitrogens is 3. The summed E-state index contributed by atoms with van der Waals surface area (Å²) in [7, 11) is 1.24. The van der Waals surface area contributed by atoms with Crippen molar-refractivity contribution in [3.05, 3.63) is 80.2 Å². The van der Waals surface area contributed by atoms with Crippen molar-refractivity contribution in [2.45, 2.75) is 44.8 Å². The van der Waals surface area contributed by atoms with Crippen LogP contribution >= 0.6 is 22.9 Å². The minimum absolute atomic E-state index is 0. The minimum Gasteiger partial charge on any atom is -0.481 e. The number of hydrogen-bond donors (Lipinski definition) is 3. The molecule has 238 valence electrons. The Hall–Kier alpha value is -4.01. The van der Waals surface area contributed by atoms with Crippen LogP contribution in [0.3, 0.4) is 0 Å². The molecule has 2 aromatic heterocycles. The monoisotopic (exact) mass is 660 g/mol. The van der Waals surface area contributed by atoms with Crippen LogP contribution in [-0.4, -0.2) is 63.1 Å². The number of carbonyl (C=O) groups excluding carboxylic acids is 1. The van der Waals surface area contributed by atoms with E-state index in [9.17, 15) is 23.5 Å². The molecule has 0 amide bonds. The van der Waals surface area contributed by atoms with Crippen LogP contribution in [0.4, 0.5) is 14.7 Å². The Morgan fingerprint density at radius 1 is 1.16 bits per heavy atom. The third kappa shape index (κ3) is 6.01. The molecule has 3 aliphatic rings. The summed E-state index contributed by atoms with van der Waals surface area (Å²) in [4.78, 5) is 44.3. The van der Waals surface area contributed by atoms with Gasteiger partial charge in [0.05, 0.1) is 29.2 Å². The van der Waals surface area contributed by atoms with E-state index < -0.39 is 46.2 Å². The number of nitrogens with one attached hydrogen (secondary N) is 1. The lowest BCUT2D eigenvalue weighted by Crippen LogP contribution is -2.45. The lowest BCUT2D eigenvalue weighted by Gasteiger charge is -2.41. The highest BCUT2D eigenvalue weighted by Gasteiger charge is 2.48. The van der Waals surface area contributed by atoms with Gasteiger partial charge in [0.25, 0.3) is 0 Å². The molecular weight excluding hydrogens is 630 g/mol. The smallest absolute Gasteiger partial charge is 0.338 e. The Morgan fingerprint density at radius 2 is 1.84 bits per heavy atom. The van der Waals surface area contributed by atoms with Gasteiger partial charge in [-0.1, -0.05) is 25.1 Å². The van der Waals surface area contributed by atoms with Gasteiger partial charge in [0.1, 0.15) is 6.04 Å². The maximum absolute atomic E-state index is 14.6. The number of amidine groups is 1. The maximum Gasteiger partial charge on any atom is 0.338 e. The van der Waals surface area contributed by atoms with Crippen molar-refractivity contribution < 1.29 is 33.3 Å². The predicted octanol–water partition coefficient (Wildman–Crippen LogP) is 4.62. The number of methoxy groups -OCH3 is 1. The van der Waals surface area contributed by atoms with Gasteiger partial charge >= 0.3 is 11.9 Å². The number of esters is 1. The third-order valence-corrected chi connectivity index (χ3v) is 9.52. The molecule has 0 radical (unpaired) electrons. The first-order chi connectivity index (χ1) is 21.1. The highest BCUT2D eigenvalue weighted by molar-refractivity contribution is 7.11. The molecule has 2 aliphatic heterocycles. The van der Waals surface area contributed by atoms with E-state index in [1.54, 1.807) is 11.6 Å². The van der Waals surface area contributed by atoms with Crippen LogP contribution in [0.15, 0.2) is 52.4 Å². The zero-order chi connectivity index (χ0) is 31.2. The van der Waals surface area contributed by atoms with Crippen LogP contribution in [0.1, 0.15) is 55.3 Å². The van der Waals surface area contributed by atoms with Crippen molar-refractivity contribution in [2.75, 3.05) is 25.1 Å². The third-order valence-electron chi connectivity index (χ3n) is 8.35. The molecule has 45 heavy (non-hydrogen) atoms. The Kier molecular flexibility index (Phi) is 9.19. The van der Waals surface area contributed by atoms with Gasteiger partial charge in [0, 0.05) is 59.8 Å². The molecule has 4 heterocycles. The average molecular weight is 661 g/mol. The van der Waals surface area contributed by atoms with Gasteiger partial charge in [-0.2, -0.15) is 0 Å². The van der Waals surface area contributed by atoms with Crippen LogP contribution in [0.2, 0.25) is 5.02 Å². The molecule has 1 saturated heterocycles. The number of rotatable bonds is 7. The number of anilines is 1. The largest absolute Gasteiger partial charge is 0.481 e. The van der Waals surface area contributed by atoms with Gasteiger partial charge in [-0.15, -0.1) is 11.3 Å². The van der Waals surface area contributed by atoms with Crippen molar-refractivity contribution in [3.63, 3.8) is 0 Å². The molecule has 1 aliphatic carbocycles. The number of aliphatic carboxylic acids is 1. The number of hydrogen-bond acceptors (Lipinski definition) is 11. The molecule has 6 rings (SSSR count). The molecule has 1 saturated carbocycles. The Balaban J connectivity index is 0.00000400. The summed E-state index contributed by atoms with van der Waals surface area (Å²) in [6, 6.07) is 1.18. The number of carboxylic acid groups (broad SMARTS) is 1. The van der Waals surface area contributed by atoms with Gasteiger partial charge < -0.3 is 25.2 Å². The van der Waals surface area contributed by atoms with Crippen molar-refractivity contribution in [1.29, 1.82) is 0 Å². The second-order valence-electron chi connectivity index (χ2n) is 10.9.